The summed E-state index contributed by atoms with van der Waals surface area (Å²) in [5.41, 5.74) is 5.79. The molecule has 0 aliphatic carbocycles. The Morgan fingerprint density at radius 1 is 0.370 bits per heavy atom. The van der Waals surface area contributed by atoms with Crippen LogP contribution in [-0.2, 0) is 87.0 Å². The predicted molar refractivity (Wildman–Crippen MR) is 272 cm³/mol. The van der Waals surface area contributed by atoms with E-state index in [-0.39, 0.29) is 52.9 Å². The van der Waals surface area contributed by atoms with Crippen molar-refractivity contribution in [1.82, 2.24) is 0 Å². The lowest BCUT2D eigenvalue weighted by Crippen LogP contribution is -2.66. The molecule has 12 heteroatoms. The Balaban J connectivity index is 1.11. The highest BCUT2D eigenvalue weighted by molar-refractivity contribution is 5.89. The van der Waals surface area contributed by atoms with E-state index < -0.39 is 67.4 Å². The molecule has 0 bridgehead atoms. The van der Waals surface area contributed by atoms with Crippen molar-refractivity contribution in [3.8, 4) is 0 Å². The Labute approximate surface area is 427 Å². The number of carbonyl (C=O) groups excluding carboxylic acids is 1. The molecule has 0 saturated carbocycles. The summed E-state index contributed by atoms with van der Waals surface area (Å²) in [5, 5.41) is 12.0. The average Bonchev–Trinajstić information content (AvgIpc) is 3.44. The van der Waals surface area contributed by atoms with Crippen LogP contribution in [0.1, 0.15) is 43.7 Å². The molecule has 0 amide bonds. The highest BCUT2D eigenvalue weighted by atomic mass is 16.8. The Hall–Kier alpha value is -6.39. The maximum Gasteiger partial charge on any atom is 0.338 e. The van der Waals surface area contributed by atoms with Crippen molar-refractivity contribution in [2.75, 3.05) is 13.2 Å². The van der Waals surface area contributed by atoms with Gasteiger partial charge < -0.3 is 52.5 Å². The lowest BCUT2D eigenvalue weighted by atomic mass is 9.95. The Morgan fingerprint density at radius 2 is 0.699 bits per heavy atom. The van der Waals surface area contributed by atoms with Crippen LogP contribution in [0.3, 0.4) is 0 Å². The molecule has 2 aliphatic heterocycles. The van der Waals surface area contributed by atoms with E-state index >= 15 is 0 Å². The zero-order valence-corrected chi connectivity index (χ0v) is 40.6. The Bertz CT molecular complexity index is 2630. The quantitative estimate of drug-likeness (QED) is 0.0579. The third-order valence-electron chi connectivity index (χ3n) is 12.7. The second-order valence-corrected chi connectivity index (χ2v) is 18.0. The molecule has 2 fully saturated rings. The molecule has 378 valence electrons. The monoisotopic (exact) mass is 986 g/mol. The van der Waals surface area contributed by atoms with Gasteiger partial charge in [-0.25, -0.2) is 4.79 Å². The van der Waals surface area contributed by atoms with E-state index in [4.69, 9.17) is 47.4 Å². The Kier molecular flexibility index (Phi) is 19.1. The van der Waals surface area contributed by atoms with Gasteiger partial charge >= 0.3 is 5.97 Å². The standard InChI is InChI=1S/C61H62O12/c62-59(50-34-20-7-21-35-50)72-58-55(67-39-47-28-14-4-15-29-47)53(66-38-46-26-12-3-13-27-46)51(42-64-36-44-22-8-1-9-23-44)71-61(58)73-54-52(43-65-37-45-24-10-2-11-25-45)70-60(63)57(69-41-49-32-18-6-19-33-49)56(54)68-40-48-30-16-5-17-31-48/h1-35,51-58,60-61,63H,36-43H2/t51-,52-,53-,54-,55+,56+,57-,58-,60+,61+/m1/s1. The van der Waals surface area contributed by atoms with Crippen LogP contribution in [0.25, 0.3) is 0 Å². The first-order chi connectivity index (χ1) is 36.0. The number of carbonyl (C=O) groups is 1. The fourth-order valence-corrected chi connectivity index (χ4v) is 8.92. The number of rotatable bonds is 24. The van der Waals surface area contributed by atoms with Gasteiger partial charge in [0.25, 0.3) is 0 Å². The molecular weight excluding hydrogens is 925 g/mol. The summed E-state index contributed by atoms with van der Waals surface area (Å²) in [6.45, 7) is 1.12. The second kappa shape index (κ2) is 27.1. The molecule has 2 heterocycles. The van der Waals surface area contributed by atoms with E-state index in [1.54, 1.807) is 24.3 Å². The van der Waals surface area contributed by atoms with Crippen molar-refractivity contribution in [2.45, 2.75) is 101 Å². The van der Waals surface area contributed by atoms with Crippen LogP contribution < -0.4 is 0 Å². The number of aliphatic hydroxyl groups is 1. The minimum atomic E-state index is -1.47. The highest BCUT2D eigenvalue weighted by Crippen LogP contribution is 2.36. The van der Waals surface area contributed by atoms with E-state index in [1.807, 2.05) is 188 Å². The van der Waals surface area contributed by atoms with Gasteiger partial charge in [-0.1, -0.05) is 200 Å². The van der Waals surface area contributed by atoms with Crippen LogP contribution >= 0.6 is 0 Å². The fourth-order valence-electron chi connectivity index (χ4n) is 8.92. The first kappa shape index (κ1) is 51.5. The van der Waals surface area contributed by atoms with Gasteiger partial charge in [-0.2, -0.15) is 0 Å². The lowest BCUT2D eigenvalue weighted by molar-refractivity contribution is -0.369. The molecule has 7 aromatic carbocycles. The summed E-state index contributed by atoms with van der Waals surface area (Å²) >= 11 is 0. The normalized spacial score (nSPS) is 23.9. The van der Waals surface area contributed by atoms with Crippen LogP contribution in [0, 0.1) is 0 Å². The van der Waals surface area contributed by atoms with Crippen molar-refractivity contribution in [3.63, 3.8) is 0 Å². The first-order valence-corrected chi connectivity index (χ1v) is 24.8. The molecule has 12 nitrogen and oxygen atoms in total. The van der Waals surface area contributed by atoms with Gasteiger partial charge in [-0.3, -0.25) is 0 Å². The molecule has 1 N–H and O–H groups in total. The van der Waals surface area contributed by atoms with E-state index in [1.165, 1.54) is 0 Å². The summed E-state index contributed by atoms with van der Waals surface area (Å²) < 4.78 is 67.6. The van der Waals surface area contributed by atoms with Gasteiger partial charge in [0.1, 0.15) is 42.7 Å². The molecule has 2 saturated heterocycles. The Morgan fingerprint density at radius 3 is 1.11 bits per heavy atom. The molecule has 10 atom stereocenters. The summed E-state index contributed by atoms with van der Waals surface area (Å²) in [6, 6.07) is 67.3. The minimum Gasteiger partial charge on any atom is -0.450 e. The second-order valence-electron chi connectivity index (χ2n) is 18.0. The van der Waals surface area contributed by atoms with Crippen LogP contribution in [0.5, 0.6) is 0 Å². The maximum absolute atomic E-state index is 14.5. The van der Waals surface area contributed by atoms with E-state index in [0.29, 0.717) is 5.56 Å². The molecule has 7 aromatic rings. The average molecular weight is 987 g/mol. The van der Waals surface area contributed by atoms with Gasteiger partial charge in [-0.05, 0) is 45.5 Å². The third kappa shape index (κ3) is 14.9. The fraction of sp³-hybridized carbons (Fsp3) is 0.295. The number of aliphatic hydroxyl groups excluding tert-OH is 1. The van der Waals surface area contributed by atoms with Crippen molar-refractivity contribution in [1.29, 1.82) is 0 Å². The van der Waals surface area contributed by atoms with Gasteiger partial charge in [0.15, 0.2) is 18.7 Å². The van der Waals surface area contributed by atoms with Crippen molar-refractivity contribution in [2.24, 2.45) is 0 Å². The molecule has 0 aromatic heterocycles. The molecule has 2 aliphatic rings. The van der Waals surface area contributed by atoms with Gasteiger partial charge in [0, 0.05) is 0 Å². The van der Waals surface area contributed by atoms with Crippen molar-refractivity contribution >= 4 is 5.97 Å². The predicted octanol–water partition coefficient (Wildman–Crippen LogP) is 9.81. The first-order valence-electron chi connectivity index (χ1n) is 24.8. The molecule has 73 heavy (non-hydrogen) atoms. The SMILES string of the molecule is O=C(O[C@H]1[C@H](O[C@H]2[C@H](OCc3ccccc3)[C@@H](OCc3ccccc3)[C@@H](O)O[C@@H]2COCc2ccccc2)O[C@H](COCc2ccccc2)[C@@H](OCc2ccccc2)[C@@H]1OCc1ccccc1)c1ccccc1. The van der Waals surface area contributed by atoms with E-state index in [2.05, 4.69) is 0 Å². The van der Waals surface area contributed by atoms with Crippen LogP contribution in [0.4, 0.5) is 0 Å². The third-order valence-corrected chi connectivity index (χ3v) is 12.7. The molecule has 0 unspecified atom stereocenters. The highest BCUT2D eigenvalue weighted by Gasteiger charge is 2.55. The van der Waals surface area contributed by atoms with Gasteiger partial charge in [-0.15, -0.1) is 0 Å². The van der Waals surface area contributed by atoms with Crippen LogP contribution in [0.2, 0.25) is 0 Å². The summed E-state index contributed by atoms with van der Waals surface area (Å²) in [5.74, 6) is -0.629. The number of hydrogen-bond acceptors (Lipinski definition) is 12. The molecular formula is C61H62O12. The summed E-state index contributed by atoms with van der Waals surface area (Å²) in [7, 11) is 0. The van der Waals surface area contributed by atoms with Crippen molar-refractivity contribution in [3.05, 3.63) is 251 Å². The van der Waals surface area contributed by atoms with E-state index in [9.17, 15) is 9.90 Å². The number of ether oxygens (including phenoxy) is 10. The minimum absolute atomic E-state index is 0.0330. The van der Waals surface area contributed by atoms with Crippen LogP contribution in [-0.4, -0.2) is 85.7 Å². The number of benzene rings is 7. The maximum atomic E-state index is 14.5. The van der Waals surface area contributed by atoms with Crippen molar-refractivity contribution < 1.29 is 57.3 Å². The zero-order valence-electron chi connectivity index (χ0n) is 40.6. The number of hydrogen-bond donors (Lipinski definition) is 1. The smallest absolute Gasteiger partial charge is 0.338 e. The lowest BCUT2D eigenvalue weighted by Gasteiger charge is -2.49. The van der Waals surface area contributed by atoms with Crippen LogP contribution in [0.15, 0.2) is 212 Å². The number of esters is 1. The summed E-state index contributed by atoms with van der Waals surface area (Å²) in [4.78, 5) is 14.5. The van der Waals surface area contributed by atoms with E-state index in [0.717, 1.165) is 33.4 Å². The van der Waals surface area contributed by atoms with Gasteiger partial charge in [0.05, 0.1) is 58.4 Å². The molecule has 0 radical (unpaired) electrons. The zero-order chi connectivity index (χ0) is 49.9. The molecule has 0 spiro atoms. The summed E-state index contributed by atoms with van der Waals surface area (Å²) in [6.07, 6.45) is -10.9. The largest absolute Gasteiger partial charge is 0.450 e. The van der Waals surface area contributed by atoms with Gasteiger partial charge in [0.2, 0.25) is 0 Å². The topological polar surface area (TPSA) is 130 Å². The molecule has 9 rings (SSSR count).